The van der Waals surface area contributed by atoms with Crippen LogP contribution in [-0.2, 0) is 32.0 Å². The zero-order chi connectivity index (χ0) is 22.7. The Balaban J connectivity index is 1.69. The maximum absolute atomic E-state index is 12.2. The Morgan fingerprint density at radius 3 is 2.62 bits per heavy atom. The molecule has 2 aromatic carbocycles. The van der Waals surface area contributed by atoms with Gasteiger partial charge in [-0.2, -0.15) is 18.6 Å². The number of nitrogens with zero attached hydrogens (tertiary/aromatic N) is 2. The van der Waals surface area contributed by atoms with Gasteiger partial charge in [-0.15, -0.1) is 11.3 Å². The van der Waals surface area contributed by atoms with Crippen LogP contribution in [0.1, 0.15) is 29.2 Å². The van der Waals surface area contributed by atoms with Crippen LogP contribution in [0.5, 0.6) is 11.5 Å². The number of ether oxygens (including phenoxy) is 2. The third kappa shape index (κ3) is 4.46. The van der Waals surface area contributed by atoms with Crippen molar-refractivity contribution in [3.05, 3.63) is 64.1 Å². The van der Waals surface area contributed by atoms with Gasteiger partial charge < -0.3 is 14.4 Å². The zero-order valence-electron chi connectivity index (χ0n) is 17.1. The van der Waals surface area contributed by atoms with Gasteiger partial charge in [-0.1, -0.05) is 19.1 Å². The van der Waals surface area contributed by atoms with Gasteiger partial charge in [-0.05, 0) is 42.7 Å². The number of carbonyl (C=O) groups excluding carboxylic acids is 1. The average molecular weight is 476 g/mol. The second-order valence-corrected chi connectivity index (χ2v) is 9.46. The highest BCUT2D eigenvalue weighted by molar-refractivity contribution is 7.86. The van der Waals surface area contributed by atoms with E-state index in [1.807, 2.05) is 12.3 Å². The van der Waals surface area contributed by atoms with Crippen molar-refractivity contribution in [2.75, 3.05) is 11.7 Å². The highest BCUT2D eigenvalue weighted by Crippen LogP contribution is 2.38. The normalized spacial score (nSPS) is 13.7. The van der Waals surface area contributed by atoms with Crippen molar-refractivity contribution in [1.82, 2.24) is 4.98 Å². The molecule has 2 N–H and O–H groups in total. The molecule has 32 heavy (non-hydrogen) atoms. The van der Waals surface area contributed by atoms with E-state index in [-0.39, 0.29) is 11.7 Å². The summed E-state index contributed by atoms with van der Waals surface area (Å²) in [7, 11) is -3.99. The van der Waals surface area contributed by atoms with Crippen LogP contribution in [0.2, 0.25) is 0 Å². The number of benzene rings is 2. The number of amides is 1. The van der Waals surface area contributed by atoms with E-state index in [1.165, 1.54) is 23.5 Å². The van der Waals surface area contributed by atoms with Crippen LogP contribution in [0, 0.1) is 0 Å². The Morgan fingerprint density at radius 1 is 1.22 bits per heavy atom. The largest absolute Gasteiger partial charge is 0.454 e. The highest BCUT2D eigenvalue weighted by Gasteiger charge is 2.26. The Bertz CT molecular complexity index is 1210. The standard InChI is InChI=1S/C21H21N3O6S2/c1-2-15-11-31-21(23-15)18(9-14-3-6-17(7-4-14)32(26,27)30-22)24(12-25)16-5-8-19-20(10-16)29-13-28-19/h3-8,10-12,18H,2,9,13,22H2,1H3/t18-/m0/s1. The number of aromatic nitrogens is 1. The molecule has 0 radical (unpaired) electrons. The van der Waals surface area contributed by atoms with E-state index < -0.39 is 16.2 Å². The molecule has 0 saturated carbocycles. The zero-order valence-corrected chi connectivity index (χ0v) is 18.8. The molecule has 0 unspecified atom stereocenters. The third-order valence-corrected chi connectivity index (χ3v) is 7.19. The minimum atomic E-state index is -3.99. The predicted molar refractivity (Wildman–Crippen MR) is 118 cm³/mol. The molecule has 0 spiro atoms. The van der Waals surface area contributed by atoms with E-state index in [0.717, 1.165) is 29.1 Å². The molecule has 0 aliphatic carbocycles. The lowest BCUT2D eigenvalue weighted by atomic mass is 10.0. The molecule has 0 saturated heterocycles. The number of nitrogens with two attached hydrogens (primary N) is 1. The van der Waals surface area contributed by atoms with Crippen molar-refractivity contribution < 1.29 is 27.0 Å². The molecule has 1 aliphatic rings. The number of hydrogen-bond acceptors (Lipinski definition) is 9. The topological polar surface area (TPSA) is 121 Å². The molecule has 168 valence electrons. The first-order valence-corrected chi connectivity index (χ1v) is 12.0. The lowest BCUT2D eigenvalue weighted by molar-refractivity contribution is -0.107. The number of aryl methyl sites for hydroxylation is 1. The van der Waals surface area contributed by atoms with Crippen molar-refractivity contribution in [3.8, 4) is 11.5 Å². The Hall–Kier alpha value is -2.99. The SMILES string of the molecule is CCc1csc([C@H](Cc2ccc(S(=O)(=O)ON)cc2)N(C=O)c2ccc3c(c2)OCO3)n1. The predicted octanol–water partition coefficient (Wildman–Crippen LogP) is 2.96. The molecule has 4 rings (SSSR count). The van der Waals surface area contributed by atoms with Gasteiger partial charge in [0.2, 0.25) is 13.2 Å². The van der Waals surface area contributed by atoms with Gasteiger partial charge in [0.15, 0.2) is 11.5 Å². The molecular formula is C21H21N3O6S2. The molecule has 9 nitrogen and oxygen atoms in total. The molecule has 1 amide bonds. The second-order valence-electron chi connectivity index (χ2n) is 7.00. The van der Waals surface area contributed by atoms with Gasteiger partial charge in [0.05, 0.1) is 16.6 Å². The molecule has 1 aromatic heterocycles. The van der Waals surface area contributed by atoms with E-state index in [1.54, 1.807) is 35.2 Å². The van der Waals surface area contributed by atoms with E-state index in [0.29, 0.717) is 23.6 Å². The lowest BCUT2D eigenvalue weighted by Crippen LogP contribution is -2.29. The van der Waals surface area contributed by atoms with Gasteiger partial charge in [0.1, 0.15) is 5.01 Å². The quantitative estimate of drug-likeness (QED) is 0.370. The fourth-order valence-electron chi connectivity index (χ4n) is 3.37. The van der Waals surface area contributed by atoms with Crippen LogP contribution in [0.25, 0.3) is 0 Å². The van der Waals surface area contributed by atoms with E-state index >= 15 is 0 Å². The Morgan fingerprint density at radius 2 is 1.97 bits per heavy atom. The molecule has 2 heterocycles. The molecular weight excluding hydrogens is 454 g/mol. The van der Waals surface area contributed by atoms with Gasteiger partial charge in [0.25, 0.3) is 0 Å². The van der Waals surface area contributed by atoms with Crippen LogP contribution in [-0.4, -0.2) is 26.6 Å². The summed E-state index contributed by atoms with van der Waals surface area (Å²) in [4.78, 5) is 18.5. The number of anilines is 1. The summed E-state index contributed by atoms with van der Waals surface area (Å²) in [6.07, 6.45) is 1.95. The Kier molecular flexibility index (Phi) is 6.42. The first-order valence-electron chi connectivity index (χ1n) is 9.75. The fraction of sp³-hybridized carbons (Fsp3) is 0.238. The molecule has 1 atom stereocenters. The molecule has 3 aromatic rings. The summed E-state index contributed by atoms with van der Waals surface area (Å²) in [5.74, 6) is 6.04. The molecule has 11 heteroatoms. The summed E-state index contributed by atoms with van der Waals surface area (Å²) in [5.41, 5.74) is 2.39. The summed E-state index contributed by atoms with van der Waals surface area (Å²) in [6.45, 7) is 2.15. The van der Waals surface area contributed by atoms with E-state index in [9.17, 15) is 13.2 Å². The van der Waals surface area contributed by atoms with Gasteiger partial charge in [-0.3, -0.25) is 4.79 Å². The number of carbonyl (C=O) groups is 1. The number of rotatable bonds is 9. The Labute approximate surface area is 189 Å². The maximum atomic E-state index is 12.2. The minimum Gasteiger partial charge on any atom is -0.454 e. The average Bonchev–Trinajstić information content (AvgIpc) is 3.48. The third-order valence-electron chi connectivity index (χ3n) is 5.09. The number of fused-ring (bicyclic) bond motifs is 1. The van der Waals surface area contributed by atoms with Gasteiger partial charge in [0, 0.05) is 17.1 Å². The maximum Gasteiger partial charge on any atom is 0.312 e. The number of thiazole rings is 1. The highest BCUT2D eigenvalue weighted by atomic mass is 32.2. The summed E-state index contributed by atoms with van der Waals surface area (Å²) >= 11 is 1.48. The second kappa shape index (κ2) is 9.25. The lowest BCUT2D eigenvalue weighted by Gasteiger charge is -2.27. The van der Waals surface area contributed by atoms with Crippen LogP contribution < -0.4 is 20.3 Å². The van der Waals surface area contributed by atoms with Crippen molar-refractivity contribution >= 4 is 33.6 Å². The summed E-state index contributed by atoms with van der Waals surface area (Å²) in [5, 5.41) is 2.74. The van der Waals surface area contributed by atoms with Crippen LogP contribution >= 0.6 is 11.3 Å². The van der Waals surface area contributed by atoms with Gasteiger partial charge >= 0.3 is 10.1 Å². The molecule has 1 aliphatic heterocycles. The van der Waals surface area contributed by atoms with Gasteiger partial charge in [-0.25, -0.2) is 4.98 Å². The summed E-state index contributed by atoms with van der Waals surface area (Å²) < 4.78 is 38.5. The first-order chi connectivity index (χ1) is 15.4. The van der Waals surface area contributed by atoms with Crippen molar-refractivity contribution in [2.45, 2.75) is 30.7 Å². The van der Waals surface area contributed by atoms with E-state index in [2.05, 4.69) is 4.28 Å². The minimum absolute atomic E-state index is 0.0502. The molecule has 0 fully saturated rings. The molecule has 0 bridgehead atoms. The first kappa shape index (κ1) is 22.2. The summed E-state index contributed by atoms with van der Waals surface area (Å²) in [6, 6.07) is 11.1. The van der Waals surface area contributed by atoms with Crippen LogP contribution in [0.15, 0.2) is 52.7 Å². The van der Waals surface area contributed by atoms with E-state index in [4.69, 9.17) is 20.4 Å². The number of hydrogen-bond donors (Lipinski definition) is 1. The van der Waals surface area contributed by atoms with Crippen molar-refractivity contribution in [2.24, 2.45) is 5.90 Å². The monoisotopic (exact) mass is 475 g/mol. The smallest absolute Gasteiger partial charge is 0.312 e. The fourth-order valence-corrected chi connectivity index (χ4v) is 4.95. The van der Waals surface area contributed by atoms with Crippen molar-refractivity contribution in [3.63, 3.8) is 0 Å². The van der Waals surface area contributed by atoms with Crippen LogP contribution in [0.4, 0.5) is 5.69 Å². The van der Waals surface area contributed by atoms with Crippen molar-refractivity contribution in [1.29, 1.82) is 0 Å². The van der Waals surface area contributed by atoms with Crippen LogP contribution in [0.3, 0.4) is 0 Å².